The van der Waals surface area contributed by atoms with Gasteiger partial charge in [-0.2, -0.15) is 11.8 Å². The number of carboxylic acid groups (broad SMARTS) is 1. The molecule has 3 N–H and O–H groups in total. The molecule has 6 heteroatoms. The van der Waals surface area contributed by atoms with E-state index in [0.717, 1.165) is 11.1 Å². The van der Waals surface area contributed by atoms with Crippen LogP contribution in [0.25, 0.3) is 6.08 Å². The zero-order valence-electron chi connectivity index (χ0n) is 12.1. The minimum Gasteiger partial charge on any atom is -0.480 e. The second-order valence-electron chi connectivity index (χ2n) is 4.53. The van der Waals surface area contributed by atoms with E-state index in [4.69, 9.17) is 5.11 Å². The van der Waals surface area contributed by atoms with Crippen LogP contribution in [0, 0.1) is 6.92 Å². The number of aliphatic carboxylic acids is 1. The lowest BCUT2D eigenvalue weighted by Gasteiger charge is -2.13. The number of carbonyl (C=O) groups is 2. The minimum absolute atomic E-state index is 0.394. The van der Waals surface area contributed by atoms with Crippen molar-refractivity contribution in [1.29, 1.82) is 0 Å². The molecular weight excluding hydrogens is 288 g/mol. The van der Waals surface area contributed by atoms with Crippen molar-refractivity contribution >= 4 is 29.8 Å². The smallest absolute Gasteiger partial charge is 0.326 e. The molecule has 0 spiro atoms. The number of rotatable bonds is 7. The highest BCUT2D eigenvalue weighted by atomic mass is 32.2. The molecule has 1 atom stereocenters. The summed E-state index contributed by atoms with van der Waals surface area (Å²) in [4.78, 5) is 22.6. The molecule has 0 radical (unpaired) electrons. The fourth-order valence-corrected chi connectivity index (χ4v) is 2.06. The number of urea groups is 1. The Bertz CT molecular complexity index is 500. The Hall–Kier alpha value is -1.95. The van der Waals surface area contributed by atoms with Crippen molar-refractivity contribution in [3.63, 3.8) is 0 Å². The first-order valence-electron chi connectivity index (χ1n) is 6.55. The number of aryl methyl sites for hydroxylation is 1. The van der Waals surface area contributed by atoms with Gasteiger partial charge in [0.25, 0.3) is 0 Å². The molecule has 1 aromatic rings. The van der Waals surface area contributed by atoms with Crippen LogP contribution in [0.5, 0.6) is 0 Å². The van der Waals surface area contributed by atoms with Crippen LogP contribution in [0.3, 0.4) is 0 Å². The predicted molar refractivity (Wildman–Crippen MR) is 86.3 cm³/mol. The predicted octanol–water partition coefficient (Wildman–Crippen LogP) is 2.47. The lowest BCUT2D eigenvalue weighted by atomic mass is 10.1. The Morgan fingerprint density at radius 1 is 1.33 bits per heavy atom. The monoisotopic (exact) mass is 308 g/mol. The first kappa shape index (κ1) is 17.1. The van der Waals surface area contributed by atoms with E-state index < -0.39 is 18.0 Å². The van der Waals surface area contributed by atoms with Crippen LogP contribution in [0.1, 0.15) is 17.5 Å². The Balaban J connectivity index is 2.45. The van der Waals surface area contributed by atoms with Crippen LogP contribution in [-0.4, -0.2) is 35.2 Å². The van der Waals surface area contributed by atoms with Gasteiger partial charge in [0.05, 0.1) is 0 Å². The van der Waals surface area contributed by atoms with Crippen LogP contribution in [0.2, 0.25) is 0 Å². The van der Waals surface area contributed by atoms with Gasteiger partial charge in [0, 0.05) is 6.20 Å². The molecule has 0 fully saturated rings. The van der Waals surface area contributed by atoms with Crippen molar-refractivity contribution in [2.45, 2.75) is 19.4 Å². The van der Waals surface area contributed by atoms with Gasteiger partial charge in [0.1, 0.15) is 6.04 Å². The molecule has 1 unspecified atom stereocenters. The Kier molecular flexibility index (Phi) is 7.39. The van der Waals surface area contributed by atoms with Crippen LogP contribution in [0.4, 0.5) is 4.79 Å². The molecule has 0 aliphatic rings. The van der Waals surface area contributed by atoms with Crippen molar-refractivity contribution in [3.8, 4) is 0 Å². The summed E-state index contributed by atoms with van der Waals surface area (Å²) in [6.45, 7) is 2.00. The molecule has 2 amide bonds. The third-order valence-electron chi connectivity index (χ3n) is 2.78. The molecule has 0 bridgehead atoms. The Labute approximate surface area is 128 Å². The topological polar surface area (TPSA) is 78.4 Å². The highest BCUT2D eigenvalue weighted by Gasteiger charge is 2.18. The van der Waals surface area contributed by atoms with Gasteiger partial charge in [-0.15, -0.1) is 0 Å². The van der Waals surface area contributed by atoms with E-state index in [-0.39, 0.29) is 0 Å². The van der Waals surface area contributed by atoms with E-state index in [9.17, 15) is 9.59 Å². The van der Waals surface area contributed by atoms with Crippen LogP contribution >= 0.6 is 11.8 Å². The lowest BCUT2D eigenvalue weighted by molar-refractivity contribution is -0.139. The van der Waals surface area contributed by atoms with Gasteiger partial charge in [0.15, 0.2) is 0 Å². The molecule has 0 aromatic heterocycles. The van der Waals surface area contributed by atoms with Crippen molar-refractivity contribution in [1.82, 2.24) is 10.6 Å². The van der Waals surface area contributed by atoms with Crippen molar-refractivity contribution in [3.05, 3.63) is 41.6 Å². The average molecular weight is 308 g/mol. The first-order chi connectivity index (χ1) is 10.0. The largest absolute Gasteiger partial charge is 0.480 e. The summed E-state index contributed by atoms with van der Waals surface area (Å²) in [6.07, 6.45) is 5.53. The molecular formula is C15H20N2O3S. The third-order valence-corrected chi connectivity index (χ3v) is 3.43. The number of hydrogen-bond donors (Lipinski definition) is 3. The molecule has 0 aliphatic heterocycles. The summed E-state index contributed by atoms with van der Waals surface area (Å²) in [7, 11) is 0. The zero-order valence-corrected chi connectivity index (χ0v) is 12.9. The molecule has 5 nitrogen and oxygen atoms in total. The zero-order chi connectivity index (χ0) is 15.7. The van der Waals surface area contributed by atoms with Gasteiger partial charge in [-0.05, 0) is 37.0 Å². The normalized spacial score (nSPS) is 12.1. The fraction of sp³-hybridized carbons (Fsp3) is 0.333. The Morgan fingerprint density at radius 2 is 2.00 bits per heavy atom. The Morgan fingerprint density at radius 3 is 2.57 bits per heavy atom. The maximum absolute atomic E-state index is 11.6. The van der Waals surface area contributed by atoms with E-state index in [0.29, 0.717) is 12.2 Å². The van der Waals surface area contributed by atoms with E-state index in [1.807, 2.05) is 37.4 Å². The second kappa shape index (κ2) is 9.07. The fourth-order valence-electron chi connectivity index (χ4n) is 1.58. The van der Waals surface area contributed by atoms with Gasteiger partial charge in [0.2, 0.25) is 0 Å². The van der Waals surface area contributed by atoms with Gasteiger partial charge >= 0.3 is 12.0 Å². The molecule has 0 saturated carbocycles. The average Bonchev–Trinajstić information content (AvgIpc) is 2.45. The van der Waals surface area contributed by atoms with Gasteiger partial charge in [-0.3, -0.25) is 0 Å². The van der Waals surface area contributed by atoms with E-state index in [1.165, 1.54) is 6.20 Å². The van der Waals surface area contributed by atoms with Crippen LogP contribution < -0.4 is 10.6 Å². The van der Waals surface area contributed by atoms with E-state index >= 15 is 0 Å². The molecule has 1 aromatic carbocycles. The summed E-state index contributed by atoms with van der Waals surface area (Å²) in [5.41, 5.74) is 2.12. The SMILES string of the molecule is CSCCC(NC(=O)N/C=C/c1ccc(C)cc1)C(=O)O. The van der Waals surface area contributed by atoms with Gasteiger partial charge in [-0.1, -0.05) is 29.8 Å². The lowest BCUT2D eigenvalue weighted by Crippen LogP contribution is -2.44. The van der Waals surface area contributed by atoms with Gasteiger partial charge < -0.3 is 15.7 Å². The molecule has 0 heterocycles. The number of thioether (sulfide) groups is 1. The van der Waals surface area contributed by atoms with E-state index in [2.05, 4.69) is 10.6 Å². The highest BCUT2D eigenvalue weighted by Crippen LogP contribution is 2.04. The summed E-state index contributed by atoms with van der Waals surface area (Å²) in [5, 5.41) is 13.9. The number of hydrogen-bond acceptors (Lipinski definition) is 3. The minimum atomic E-state index is -1.03. The molecule has 1 rings (SSSR count). The number of amides is 2. The second-order valence-corrected chi connectivity index (χ2v) is 5.52. The quantitative estimate of drug-likeness (QED) is 0.723. The van der Waals surface area contributed by atoms with Crippen LogP contribution in [-0.2, 0) is 4.79 Å². The highest BCUT2D eigenvalue weighted by molar-refractivity contribution is 7.98. The number of nitrogens with one attached hydrogen (secondary N) is 2. The van der Waals surface area contributed by atoms with Crippen LogP contribution in [0.15, 0.2) is 30.5 Å². The van der Waals surface area contributed by atoms with Crippen molar-refractivity contribution in [2.75, 3.05) is 12.0 Å². The number of carbonyl (C=O) groups excluding carboxylic acids is 1. The number of carboxylic acids is 1. The summed E-state index contributed by atoms with van der Waals surface area (Å²) in [5.74, 6) is -0.349. The maximum Gasteiger partial charge on any atom is 0.326 e. The molecule has 0 saturated heterocycles. The summed E-state index contributed by atoms with van der Waals surface area (Å²) < 4.78 is 0. The summed E-state index contributed by atoms with van der Waals surface area (Å²) in [6, 6.07) is 6.43. The number of benzene rings is 1. The van der Waals surface area contributed by atoms with Gasteiger partial charge in [-0.25, -0.2) is 9.59 Å². The molecule has 0 aliphatic carbocycles. The standard InChI is InChI=1S/C15H20N2O3S/c1-11-3-5-12(6-4-11)7-9-16-15(20)17-13(14(18)19)8-10-21-2/h3-7,9,13H,8,10H2,1-2H3,(H,18,19)(H2,16,17,20)/b9-7+. The van der Waals surface area contributed by atoms with Crippen molar-refractivity contribution in [2.24, 2.45) is 0 Å². The van der Waals surface area contributed by atoms with E-state index in [1.54, 1.807) is 17.8 Å². The maximum atomic E-state index is 11.6. The molecule has 114 valence electrons. The molecule has 21 heavy (non-hydrogen) atoms. The van der Waals surface area contributed by atoms with Crippen molar-refractivity contribution < 1.29 is 14.7 Å². The first-order valence-corrected chi connectivity index (χ1v) is 7.94. The third kappa shape index (κ3) is 6.85. The summed E-state index contributed by atoms with van der Waals surface area (Å²) >= 11 is 1.54.